The molecule has 1 aliphatic heterocycles. The van der Waals surface area contributed by atoms with Crippen LogP contribution in [-0.2, 0) is 0 Å². The van der Waals surface area contributed by atoms with Crippen LogP contribution in [0.15, 0.2) is 0 Å². The summed E-state index contributed by atoms with van der Waals surface area (Å²) >= 11 is 0. The molecule has 0 aromatic carbocycles. The van der Waals surface area contributed by atoms with Crippen LogP contribution >= 0.6 is 0 Å². The van der Waals surface area contributed by atoms with E-state index < -0.39 is 0 Å². The van der Waals surface area contributed by atoms with Crippen LogP contribution in [0.25, 0.3) is 0 Å². The highest BCUT2D eigenvalue weighted by Crippen LogP contribution is 2.37. The summed E-state index contributed by atoms with van der Waals surface area (Å²) in [5.74, 6) is 1.81. The fourth-order valence-electron chi connectivity index (χ4n) is 4.23. The van der Waals surface area contributed by atoms with E-state index in [1.165, 1.54) is 64.6 Å². The van der Waals surface area contributed by atoms with Gasteiger partial charge in [0.05, 0.1) is 0 Å². The Morgan fingerprint density at radius 3 is 2.45 bits per heavy atom. The van der Waals surface area contributed by atoms with Gasteiger partial charge in [-0.15, -0.1) is 0 Å². The van der Waals surface area contributed by atoms with Gasteiger partial charge < -0.3 is 10.2 Å². The van der Waals surface area contributed by atoms with Gasteiger partial charge in [0, 0.05) is 12.6 Å². The first kappa shape index (κ1) is 16.3. The molecule has 1 N–H and O–H groups in total. The first-order chi connectivity index (χ1) is 9.47. The van der Waals surface area contributed by atoms with Crippen LogP contribution in [-0.4, -0.2) is 37.6 Å². The van der Waals surface area contributed by atoms with Crippen LogP contribution in [0.1, 0.15) is 65.7 Å². The quantitative estimate of drug-likeness (QED) is 0.788. The van der Waals surface area contributed by atoms with E-state index >= 15 is 0 Å². The van der Waals surface area contributed by atoms with E-state index in [1.807, 2.05) is 0 Å². The zero-order valence-corrected chi connectivity index (χ0v) is 14.3. The van der Waals surface area contributed by atoms with Gasteiger partial charge in [-0.2, -0.15) is 0 Å². The normalized spacial score (nSPS) is 33.1. The van der Waals surface area contributed by atoms with Gasteiger partial charge in [0.1, 0.15) is 0 Å². The molecular formula is C18H36N2. The first-order valence-electron chi connectivity index (χ1n) is 8.88. The maximum atomic E-state index is 3.56. The molecule has 0 radical (unpaired) electrons. The van der Waals surface area contributed by atoms with E-state index in [0.717, 1.165) is 17.9 Å². The third-order valence-electron chi connectivity index (χ3n) is 5.73. The monoisotopic (exact) mass is 280 g/mol. The van der Waals surface area contributed by atoms with Crippen molar-refractivity contribution in [3.05, 3.63) is 0 Å². The highest BCUT2D eigenvalue weighted by Gasteiger charge is 2.29. The second kappa shape index (κ2) is 7.26. The molecule has 2 heteroatoms. The molecular weight excluding hydrogens is 244 g/mol. The van der Waals surface area contributed by atoms with Crippen LogP contribution in [0.2, 0.25) is 0 Å². The Balaban J connectivity index is 1.80. The number of hydrogen-bond acceptors (Lipinski definition) is 2. The zero-order valence-electron chi connectivity index (χ0n) is 14.3. The molecule has 1 saturated heterocycles. The summed E-state index contributed by atoms with van der Waals surface area (Å²) in [6.07, 6.45) is 9.94. The summed E-state index contributed by atoms with van der Waals surface area (Å²) in [7, 11) is 2.37. The van der Waals surface area contributed by atoms with Crippen molar-refractivity contribution in [3.8, 4) is 0 Å². The van der Waals surface area contributed by atoms with E-state index in [0.29, 0.717) is 5.41 Å². The number of hydrogen-bond donors (Lipinski definition) is 1. The second-order valence-electron chi connectivity index (χ2n) is 8.38. The average Bonchev–Trinajstić information content (AvgIpc) is 2.65. The van der Waals surface area contributed by atoms with Crippen molar-refractivity contribution < 1.29 is 0 Å². The summed E-state index contributed by atoms with van der Waals surface area (Å²) in [4.78, 5) is 2.68. The zero-order chi connectivity index (χ0) is 14.6. The van der Waals surface area contributed by atoms with Gasteiger partial charge in [-0.25, -0.2) is 0 Å². The lowest BCUT2D eigenvalue weighted by molar-refractivity contribution is 0.166. The summed E-state index contributed by atoms with van der Waals surface area (Å²) in [5.41, 5.74) is 0.501. The summed E-state index contributed by atoms with van der Waals surface area (Å²) < 4.78 is 0. The molecule has 3 unspecified atom stereocenters. The molecule has 1 aliphatic carbocycles. The largest absolute Gasteiger partial charge is 0.316 e. The Bertz CT molecular complexity index is 276. The Kier molecular flexibility index (Phi) is 5.92. The van der Waals surface area contributed by atoms with E-state index in [1.54, 1.807) is 0 Å². The molecule has 0 aromatic rings. The average molecular weight is 281 g/mol. The minimum Gasteiger partial charge on any atom is -0.316 e. The molecule has 118 valence electrons. The van der Waals surface area contributed by atoms with Crippen molar-refractivity contribution in [1.29, 1.82) is 0 Å². The fourth-order valence-corrected chi connectivity index (χ4v) is 4.23. The van der Waals surface area contributed by atoms with Crippen molar-refractivity contribution in [2.45, 2.75) is 71.8 Å². The third kappa shape index (κ3) is 4.73. The smallest absolute Gasteiger partial charge is 0.00924 e. The summed E-state index contributed by atoms with van der Waals surface area (Å²) in [5, 5.41) is 3.56. The lowest BCUT2D eigenvalue weighted by atomic mass is 9.76. The molecule has 0 aromatic heterocycles. The van der Waals surface area contributed by atoms with Gasteiger partial charge in [0.2, 0.25) is 0 Å². The Morgan fingerprint density at radius 2 is 1.80 bits per heavy atom. The predicted octanol–water partition coefficient (Wildman–Crippen LogP) is 3.91. The Morgan fingerprint density at radius 1 is 1.00 bits per heavy atom. The highest BCUT2D eigenvalue weighted by atomic mass is 15.1. The molecule has 20 heavy (non-hydrogen) atoms. The first-order valence-corrected chi connectivity index (χ1v) is 8.88. The number of piperidine rings is 1. The van der Waals surface area contributed by atoms with Crippen LogP contribution in [0, 0.1) is 17.3 Å². The minimum absolute atomic E-state index is 0.501. The highest BCUT2D eigenvalue weighted by molar-refractivity contribution is 4.83. The van der Waals surface area contributed by atoms with Gasteiger partial charge in [-0.05, 0) is 75.9 Å². The van der Waals surface area contributed by atoms with Crippen LogP contribution < -0.4 is 5.32 Å². The molecule has 2 aliphatic rings. The molecule has 3 atom stereocenters. The number of rotatable bonds is 3. The predicted molar refractivity (Wildman–Crippen MR) is 88.0 cm³/mol. The van der Waals surface area contributed by atoms with Crippen molar-refractivity contribution in [3.63, 3.8) is 0 Å². The maximum absolute atomic E-state index is 3.56. The lowest BCUT2D eigenvalue weighted by Gasteiger charge is -2.33. The third-order valence-corrected chi connectivity index (χ3v) is 5.73. The van der Waals surface area contributed by atoms with Crippen molar-refractivity contribution >= 4 is 0 Å². The molecule has 2 rings (SSSR count). The molecule has 0 bridgehead atoms. The summed E-state index contributed by atoms with van der Waals surface area (Å²) in [6, 6.07) is 0.837. The molecule has 2 fully saturated rings. The lowest BCUT2D eigenvalue weighted by Crippen LogP contribution is -2.40. The van der Waals surface area contributed by atoms with Gasteiger partial charge >= 0.3 is 0 Å². The van der Waals surface area contributed by atoms with Gasteiger partial charge in [0.15, 0.2) is 0 Å². The maximum Gasteiger partial charge on any atom is 0.00924 e. The topological polar surface area (TPSA) is 15.3 Å². The second-order valence-corrected chi connectivity index (χ2v) is 8.38. The fraction of sp³-hybridized carbons (Fsp3) is 1.00. The van der Waals surface area contributed by atoms with Crippen molar-refractivity contribution in [2.75, 3.05) is 26.7 Å². The molecule has 0 amide bonds. The molecule has 1 heterocycles. The van der Waals surface area contributed by atoms with Gasteiger partial charge in [0.25, 0.3) is 0 Å². The SMILES string of the molecule is CN(CC1CCCNC1)C1CCCC(C(C)(C)C)CC1. The van der Waals surface area contributed by atoms with Crippen molar-refractivity contribution in [2.24, 2.45) is 17.3 Å². The minimum atomic E-state index is 0.501. The van der Waals surface area contributed by atoms with Crippen LogP contribution in [0.3, 0.4) is 0 Å². The van der Waals surface area contributed by atoms with E-state index in [9.17, 15) is 0 Å². The summed E-state index contributed by atoms with van der Waals surface area (Å²) in [6.45, 7) is 11.1. The number of nitrogens with one attached hydrogen (secondary N) is 1. The Hall–Kier alpha value is -0.0800. The standard InChI is InChI=1S/C18H36N2/c1-18(2,3)16-8-5-9-17(11-10-16)20(4)14-15-7-6-12-19-13-15/h15-17,19H,5-14H2,1-4H3. The van der Waals surface area contributed by atoms with E-state index in [2.05, 4.69) is 38.0 Å². The van der Waals surface area contributed by atoms with E-state index in [-0.39, 0.29) is 0 Å². The number of nitrogens with zero attached hydrogens (tertiary/aromatic N) is 1. The van der Waals surface area contributed by atoms with Crippen LogP contribution in [0.4, 0.5) is 0 Å². The van der Waals surface area contributed by atoms with Crippen LogP contribution in [0.5, 0.6) is 0 Å². The van der Waals surface area contributed by atoms with Gasteiger partial charge in [-0.3, -0.25) is 0 Å². The molecule has 0 spiro atoms. The molecule has 2 nitrogen and oxygen atoms in total. The van der Waals surface area contributed by atoms with Crippen molar-refractivity contribution in [1.82, 2.24) is 10.2 Å². The Labute approximate surface area is 126 Å². The van der Waals surface area contributed by atoms with Gasteiger partial charge in [-0.1, -0.05) is 27.2 Å². The van der Waals surface area contributed by atoms with E-state index in [4.69, 9.17) is 0 Å². The molecule has 1 saturated carbocycles.